The fourth-order valence-electron chi connectivity index (χ4n) is 1.35. The van der Waals surface area contributed by atoms with Crippen LogP contribution in [0.25, 0.3) is 0 Å². The van der Waals surface area contributed by atoms with Crippen LogP contribution in [0.4, 0.5) is 5.82 Å². The Labute approximate surface area is 104 Å². The van der Waals surface area contributed by atoms with Crippen molar-refractivity contribution in [2.45, 2.75) is 20.4 Å². The van der Waals surface area contributed by atoms with Gasteiger partial charge in [0.1, 0.15) is 16.9 Å². The van der Waals surface area contributed by atoms with Gasteiger partial charge in [-0.05, 0) is 26.0 Å². The summed E-state index contributed by atoms with van der Waals surface area (Å²) in [5.74, 6) is 0.759. The van der Waals surface area contributed by atoms with E-state index >= 15 is 0 Å². The lowest BCUT2D eigenvalue weighted by atomic mass is 10.3. The minimum Gasteiger partial charge on any atom is -0.364 e. The average molecular weight is 244 g/mol. The van der Waals surface area contributed by atoms with E-state index in [0.29, 0.717) is 12.1 Å². The zero-order valence-electron chi connectivity index (χ0n) is 9.69. The zero-order valence-corrected chi connectivity index (χ0v) is 10.5. The molecule has 0 saturated heterocycles. The number of hydrogen-bond acceptors (Lipinski definition) is 5. The van der Waals surface area contributed by atoms with Crippen LogP contribution < -0.4 is 5.32 Å². The molecule has 0 aliphatic carbocycles. The lowest BCUT2D eigenvalue weighted by molar-refractivity contribution is 1.05. The van der Waals surface area contributed by atoms with E-state index in [2.05, 4.69) is 22.2 Å². The Kier molecular flexibility index (Phi) is 3.35. The van der Waals surface area contributed by atoms with Gasteiger partial charge >= 0.3 is 0 Å². The second kappa shape index (κ2) is 4.93. The van der Waals surface area contributed by atoms with Crippen molar-refractivity contribution in [2.24, 2.45) is 0 Å². The van der Waals surface area contributed by atoms with Gasteiger partial charge < -0.3 is 5.32 Å². The van der Waals surface area contributed by atoms with E-state index in [4.69, 9.17) is 5.26 Å². The van der Waals surface area contributed by atoms with Gasteiger partial charge in [-0.25, -0.2) is 9.97 Å². The smallest absolute Gasteiger partial charge is 0.126 e. The lowest BCUT2D eigenvalue weighted by Crippen LogP contribution is -2.00. The average Bonchev–Trinajstić information content (AvgIpc) is 2.67. The van der Waals surface area contributed by atoms with E-state index in [9.17, 15) is 0 Å². The lowest BCUT2D eigenvalue weighted by Gasteiger charge is -2.02. The number of nitriles is 1. The van der Waals surface area contributed by atoms with Crippen LogP contribution in [0.5, 0.6) is 0 Å². The Morgan fingerprint density at radius 1 is 1.41 bits per heavy atom. The van der Waals surface area contributed by atoms with Gasteiger partial charge in [-0.15, -0.1) is 11.3 Å². The molecular weight excluding hydrogens is 232 g/mol. The summed E-state index contributed by atoms with van der Waals surface area (Å²) < 4.78 is 0. The third kappa shape index (κ3) is 2.80. The molecule has 0 spiro atoms. The Bertz CT molecular complexity index is 531. The predicted octanol–water partition coefficient (Wildman–Crippen LogP) is 2.64. The van der Waals surface area contributed by atoms with Gasteiger partial charge in [0.2, 0.25) is 0 Å². The van der Waals surface area contributed by atoms with Gasteiger partial charge in [0.15, 0.2) is 0 Å². The number of anilines is 1. The fraction of sp³-hybridized carbons (Fsp3) is 0.250. The summed E-state index contributed by atoms with van der Waals surface area (Å²) in [6.45, 7) is 4.74. The molecule has 0 saturated carbocycles. The first-order valence-electron chi connectivity index (χ1n) is 5.22. The standard InChI is InChI=1S/C12H12N4S/c1-8-9(2)17-12(16-8)7-15-11-4-3-10(5-13)6-14-11/h3-4,6H,7H2,1-2H3,(H,14,15). The minimum atomic E-state index is 0.566. The normalized spacial score (nSPS) is 9.94. The molecule has 0 aromatic carbocycles. The quantitative estimate of drug-likeness (QED) is 0.901. The largest absolute Gasteiger partial charge is 0.364 e. The third-order valence-corrected chi connectivity index (χ3v) is 3.46. The van der Waals surface area contributed by atoms with Crippen LogP contribution in [0.15, 0.2) is 18.3 Å². The van der Waals surface area contributed by atoms with Crippen LogP contribution in [0.3, 0.4) is 0 Å². The highest BCUT2D eigenvalue weighted by Crippen LogP contribution is 2.17. The molecule has 5 heteroatoms. The summed E-state index contributed by atoms with van der Waals surface area (Å²) in [6.07, 6.45) is 1.56. The van der Waals surface area contributed by atoms with Gasteiger partial charge in [0.05, 0.1) is 17.8 Å². The van der Waals surface area contributed by atoms with Crippen molar-refractivity contribution in [3.05, 3.63) is 39.5 Å². The topological polar surface area (TPSA) is 61.6 Å². The maximum Gasteiger partial charge on any atom is 0.126 e. The number of pyridine rings is 1. The molecule has 2 heterocycles. The monoisotopic (exact) mass is 244 g/mol. The van der Waals surface area contributed by atoms with Gasteiger partial charge in [-0.3, -0.25) is 0 Å². The van der Waals surface area contributed by atoms with E-state index in [0.717, 1.165) is 16.5 Å². The van der Waals surface area contributed by atoms with Gasteiger partial charge in [-0.1, -0.05) is 0 Å². The first-order chi connectivity index (χ1) is 8.19. The molecule has 0 bridgehead atoms. The SMILES string of the molecule is Cc1nc(CNc2ccc(C#N)cn2)sc1C. The van der Waals surface area contributed by atoms with Gasteiger partial charge in [0, 0.05) is 11.1 Å². The van der Waals surface area contributed by atoms with Crippen molar-refractivity contribution >= 4 is 17.2 Å². The van der Waals surface area contributed by atoms with Crippen molar-refractivity contribution in [1.29, 1.82) is 5.26 Å². The molecule has 0 radical (unpaired) electrons. The van der Waals surface area contributed by atoms with Crippen molar-refractivity contribution in [3.8, 4) is 6.07 Å². The summed E-state index contributed by atoms with van der Waals surface area (Å²) in [5.41, 5.74) is 1.65. The van der Waals surface area contributed by atoms with Gasteiger partial charge in [0.25, 0.3) is 0 Å². The molecule has 2 rings (SSSR count). The Morgan fingerprint density at radius 2 is 2.24 bits per heavy atom. The third-order valence-electron chi connectivity index (χ3n) is 2.39. The van der Waals surface area contributed by atoms with Crippen LogP contribution in [0, 0.1) is 25.2 Å². The molecule has 0 aliphatic heterocycles. The number of nitrogens with one attached hydrogen (secondary N) is 1. The maximum atomic E-state index is 8.65. The number of aryl methyl sites for hydroxylation is 2. The molecule has 17 heavy (non-hydrogen) atoms. The highest BCUT2D eigenvalue weighted by molar-refractivity contribution is 7.11. The fourth-order valence-corrected chi connectivity index (χ4v) is 2.22. The number of aromatic nitrogens is 2. The Morgan fingerprint density at radius 3 is 2.76 bits per heavy atom. The molecule has 86 valence electrons. The number of nitrogens with zero attached hydrogens (tertiary/aromatic N) is 3. The Hall–Kier alpha value is -1.93. The van der Waals surface area contributed by atoms with E-state index in [1.165, 1.54) is 4.88 Å². The number of thiazole rings is 1. The molecule has 0 unspecified atom stereocenters. The van der Waals surface area contributed by atoms with Crippen molar-refractivity contribution in [1.82, 2.24) is 9.97 Å². The predicted molar refractivity (Wildman–Crippen MR) is 67.9 cm³/mol. The van der Waals surface area contributed by atoms with Crippen LogP contribution in [0.2, 0.25) is 0 Å². The number of rotatable bonds is 3. The summed E-state index contributed by atoms with van der Waals surface area (Å²) >= 11 is 1.69. The molecule has 0 fully saturated rings. The first kappa shape index (κ1) is 11.6. The van der Waals surface area contributed by atoms with Gasteiger partial charge in [-0.2, -0.15) is 5.26 Å². The van der Waals surface area contributed by atoms with Crippen LogP contribution in [0.1, 0.15) is 21.1 Å². The Balaban J connectivity index is 2.00. The second-order valence-corrected chi connectivity index (χ2v) is 4.93. The van der Waals surface area contributed by atoms with Crippen molar-refractivity contribution < 1.29 is 0 Å². The van der Waals surface area contributed by atoms with Crippen LogP contribution in [-0.4, -0.2) is 9.97 Å². The van der Waals surface area contributed by atoms with Crippen molar-refractivity contribution in [2.75, 3.05) is 5.32 Å². The van der Waals surface area contributed by atoms with E-state index in [-0.39, 0.29) is 0 Å². The maximum absolute atomic E-state index is 8.65. The molecular formula is C12H12N4S. The highest BCUT2D eigenvalue weighted by Gasteiger charge is 2.03. The number of hydrogen-bond donors (Lipinski definition) is 1. The zero-order chi connectivity index (χ0) is 12.3. The first-order valence-corrected chi connectivity index (χ1v) is 6.03. The highest BCUT2D eigenvalue weighted by atomic mass is 32.1. The summed E-state index contributed by atoms with van der Waals surface area (Å²) in [7, 11) is 0. The van der Waals surface area contributed by atoms with Crippen LogP contribution in [-0.2, 0) is 6.54 Å². The van der Waals surface area contributed by atoms with Crippen molar-refractivity contribution in [3.63, 3.8) is 0 Å². The molecule has 1 N–H and O–H groups in total. The summed E-state index contributed by atoms with van der Waals surface area (Å²) in [6, 6.07) is 5.58. The van der Waals surface area contributed by atoms with Crippen LogP contribution >= 0.6 is 11.3 Å². The molecule has 2 aromatic heterocycles. The second-order valence-electron chi connectivity index (χ2n) is 3.65. The summed E-state index contributed by atoms with van der Waals surface area (Å²) in [5, 5.41) is 12.9. The molecule has 4 nitrogen and oxygen atoms in total. The van der Waals surface area contributed by atoms with E-state index in [1.54, 1.807) is 29.7 Å². The molecule has 0 atom stereocenters. The summed E-state index contributed by atoms with van der Waals surface area (Å²) in [4.78, 5) is 9.82. The van der Waals surface area contributed by atoms with E-state index in [1.807, 2.05) is 13.0 Å². The molecule has 2 aromatic rings. The molecule has 0 amide bonds. The van der Waals surface area contributed by atoms with E-state index < -0.39 is 0 Å². The molecule has 0 aliphatic rings. The minimum absolute atomic E-state index is 0.566.